The predicted molar refractivity (Wildman–Crippen MR) is 112 cm³/mol. The fourth-order valence-corrected chi connectivity index (χ4v) is 7.62. The summed E-state index contributed by atoms with van der Waals surface area (Å²) in [4.78, 5) is 2.27. The molecule has 6 atom stereocenters. The zero-order valence-corrected chi connectivity index (χ0v) is 18.6. The molecule has 0 aromatic carbocycles. The summed E-state index contributed by atoms with van der Waals surface area (Å²) in [6, 6.07) is 2.24. The van der Waals surface area contributed by atoms with Gasteiger partial charge in [-0.1, -0.05) is 19.4 Å². The van der Waals surface area contributed by atoms with E-state index in [1.165, 1.54) is 5.57 Å². The van der Waals surface area contributed by atoms with Crippen LogP contribution in [0.25, 0.3) is 0 Å². The second kappa shape index (κ2) is 6.81. The van der Waals surface area contributed by atoms with Crippen LogP contribution >= 0.6 is 0 Å². The number of fused-ring (bicyclic) bond motifs is 5. The zero-order valence-electron chi connectivity index (χ0n) is 17.7. The summed E-state index contributed by atoms with van der Waals surface area (Å²) in [5.74, 6) is 1.67. The number of rotatable bonds is 3. The van der Waals surface area contributed by atoms with Crippen molar-refractivity contribution in [1.29, 1.82) is 5.26 Å². The van der Waals surface area contributed by atoms with E-state index in [0.717, 1.165) is 63.3 Å². The van der Waals surface area contributed by atoms with Gasteiger partial charge in [0.05, 0.1) is 30.1 Å². The molecule has 0 bridgehead atoms. The number of nitrogens with zero attached hydrogens (tertiary/aromatic N) is 2. The highest BCUT2D eigenvalue weighted by atomic mass is 32.2. The third kappa shape index (κ3) is 3.23. The van der Waals surface area contributed by atoms with Crippen molar-refractivity contribution < 1.29 is 13.5 Å². The standard InChI is InChI=1S/C22H33N3O3S/c1-20-9-6-16(24-25-29(3,27)28)14-15(20)4-5-17-18(20)7-10-21(2)19(17)8-11-22(21,26)12-13-23/h14,17-19,25-26H,4-12H2,1-3H3/b24-16+/t17-,18+,19+,20+,21+,22-/m1/s1. The molecule has 2 N–H and O–H groups in total. The van der Waals surface area contributed by atoms with Gasteiger partial charge >= 0.3 is 0 Å². The number of nitrogens with one attached hydrogen (secondary N) is 1. The number of aliphatic hydroxyl groups is 1. The highest BCUT2D eigenvalue weighted by Crippen LogP contribution is 2.67. The van der Waals surface area contributed by atoms with Gasteiger partial charge in [0, 0.05) is 5.41 Å². The zero-order chi connectivity index (χ0) is 21.1. The summed E-state index contributed by atoms with van der Waals surface area (Å²) in [5.41, 5.74) is 1.38. The van der Waals surface area contributed by atoms with Crippen LogP contribution in [0.3, 0.4) is 0 Å². The molecule has 4 rings (SSSR count). The quantitative estimate of drug-likeness (QED) is 0.683. The molecule has 29 heavy (non-hydrogen) atoms. The van der Waals surface area contributed by atoms with Gasteiger partial charge in [0.1, 0.15) is 0 Å². The molecule has 6 nitrogen and oxygen atoms in total. The van der Waals surface area contributed by atoms with E-state index >= 15 is 0 Å². The fraction of sp³-hybridized carbons (Fsp3) is 0.818. The minimum atomic E-state index is -3.33. The summed E-state index contributed by atoms with van der Waals surface area (Å²) in [7, 11) is -3.33. The van der Waals surface area contributed by atoms with Crippen LogP contribution in [-0.4, -0.2) is 31.1 Å². The Bertz CT molecular complexity index is 905. The molecule has 0 heterocycles. The van der Waals surface area contributed by atoms with Gasteiger partial charge in [-0.3, -0.25) is 0 Å². The van der Waals surface area contributed by atoms with Crippen LogP contribution in [0.4, 0.5) is 0 Å². The molecule has 4 aliphatic rings. The lowest BCUT2D eigenvalue weighted by Crippen LogP contribution is -2.54. The Balaban J connectivity index is 1.60. The van der Waals surface area contributed by atoms with E-state index in [9.17, 15) is 18.8 Å². The molecule has 0 spiro atoms. The van der Waals surface area contributed by atoms with E-state index in [0.29, 0.717) is 17.8 Å². The van der Waals surface area contributed by atoms with Crippen molar-refractivity contribution >= 4 is 15.7 Å². The van der Waals surface area contributed by atoms with Crippen LogP contribution in [0.2, 0.25) is 0 Å². The summed E-state index contributed by atoms with van der Waals surface area (Å²) < 4.78 is 22.7. The monoisotopic (exact) mass is 419 g/mol. The number of hydrogen-bond acceptors (Lipinski definition) is 5. The lowest BCUT2D eigenvalue weighted by molar-refractivity contribution is -0.123. The van der Waals surface area contributed by atoms with Gasteiger partial charge in [-0.2, -0.15) is 10.4 Å². The number of allylic oxidation sites excluding steroid dienone is 2. The Morgan fingerprint density at radius 3 is 2.62 bits per heavy atom. The van der Waals surface area contributed by atoms with Crippen molar-refractivity contribution in [2.24, 2.45) is 33.7 Å². The lowest BCUT2D eigenvalue weighted by atomic mass is 9.46. The minimum Gasteiger partial charge on any atom is -0.388 e. The van der Waals surface area contributed by atoms with Crippen LogP contribution in [0.5, 0.6) is 0 Å². The maximum Gasteiger partial charge on any atom is 0.244 e. The van der Waals surface area contributed by atoms with Gasteiger partial charge in [0.25, 0.3) is 0 Å². The second-order valence-electron chi connectivity index (χ2n) is 10.3. The van der Waals surface area contributed by atoms with E-state index in [1.807, 2.05) is 0 Å². The Morgan fingerprint density at radius 2 is 1.93 bits per heavy atom. The fourth-order valence-electron chi connectivity index (χ4n) is 7.33. The first kappa shape index (κ1) is 20.9. The molecule has 0 aromatic rings. The highest BCUT2D eigenvalue weighted by molar-refractivity contribution is 7.88. The Hall–Kier alpha value is -1.39. The summed E-state index contributed by atoms with van der Waals surface area (Å²) in [6.45, 7) is 4.62. The van der Waals surface area contributed by atoms with Crippen molar-refractivity contribution in [2.45, 2.75) is 77.2 Å². The first-order chi connectivity index (χ1) is 13.5. The average molecular weight is 420 g/mol. The SMILES string of the molecule is C[C@]12CC/C(=N\NS(C)(=O)=O)C=C1CC[C@@H]1[C@@H]2CC[C@@]2(C)[C@H]1CC[C@@]2(O)CC#N. The molecular formula is C22H33N3O3S. The number of nitriles is 1. The summed E-state index contributed by atoms with van der Waals surface area (Å²) in [6.07, 6.45) is 11.2. The van der Waals surface area contributed by atoms with Crippen LogP contribution in [0.1, 0.15) is 71.6 Å². The predicted octanol–water partition coefficient (Wildman–Crippen LogP) is 3.50. The van der Waals surface area contributed by atoms with Crippen LogP contribution < -0.4 is 4.83 Å². The van der Waals surface area contributed by atoms with Crippen LogP contribution in [0, 0.1) is 39.9 Å². The minimum absolute atomic E-state index is 0.129. The average Bonchev–Trinajstić information content (AvgIpc) is 2.91. The van der Waals surface area contributed by atoms with Gasteiger partial charge in [0.2, 0.25) is 10.0 Å². The van der Waals surface area contributed by atoms with Crippen molar-refractivity contribution in [3.8, 4) is 6.07 Å². The molecule has 0 aliphatic heterocycles. The van der Waals surface area contributed by atoms with Crippen molar-refractivity contribution in [1.82, 2.24) is 4.83 Å². The summed E-state index contributed by atoms with van der Waals surface area (Å²) in [5, 5.41) is 24.7. The van der Waals surface area contributed by atoms with E-state index in [2.05, 4.69) is 35.9 Å². The Morgan fingerprint density at radius 1 is 1.21 bits per heavy atom. The molecule has 0 unspecified atom stereocenters. The molecule has 0 aromatic heterocycles. The second-order valence-corrected chi connectivity index (χ2v) is 12.1. The molecule has 0 radical (unpaired) electrons. The van der Waals surface area contributed by atoms with Gasteiger partial charge in [-0.05, 0) is 80.6 Å². The van der Waals surface area contributed by atoms with Gasteiger partial charge in [0.15, 0.2) is 0 Å². The Kier molecular flexibility index (Phi) is 4.90. The van der Waals surface area contributed by atoms with E-state index in [1.54, 1.807) is 0 Å². The van der Waals surface area contributed by atoms with E-state index in [4.69, 9.17) is 0 Å². The molecule has 7 heteroatoms. The maximum absolute atomic E-state index is 11.4. The third-order valence-corrected chi connectivity index (χ3v) is 9.45. The summed E-state index contributed by atoms with van der Waals surface area (Å²) >= 11 is 0. The van der Waals surface area contributed by atoms with Crippen LogP contribution in [0.15, 0.2) is 16.8 Å². The normalized spacial score (nSPS) is 45.6. The molecule has 4 aliphatic carbocycles. The molecule has 3 fully saturated rings. The molecule has 3 saturated carbocycles. The number of hydrogen-bond donors (Lipinski definition) is 2. The molecule has 0 saturated heterocycles. The molecular weight excluding hydrogens is 386 g/mol. The number of sulfonamides is 1. The van der Waals surface area contributed by atoms with Gasteiger partial charge in [-0.15, -0.1) is 0 Å². The smallest absolute Gasteiger partial charge is 0.244 e. The van der Waals surface area contributed by atoms with Crippen molar-refractivity contribution in [3.05, 3.63) is 11.6 Å². The lowest BCUT2D eigenvalue weighted by Gasteiger charge is -2.59. The van der Waals surface area contributed by atoms with Gasteiger partial charge < -0.3 is 5.11 Å². The van der Waals surface area contributed by atoms with E-state index < -0.39 is 15.6 Å². The van der Waals surface area contributed by atoms with Gasteiger partial charge in [-0.25, -0.2) is 13.2 Å². The Labute approximate surface area is 174 Å². The largest absolute Gasteiger partial charge is 0.388 e. The highest BCUT2D eigenvalue weighted by Gasteiger charge is 2.63. The maximum atomic E-state index is 11.4. The first-order valence-corrected chi connectivity index (χ1v) is 12.8. The topological polar surface area (TPSA) is 103 Å². The third-order valence-electron chi connectivity index (χ3n) is 9.03. The molecule has 0 amide bonds. The van der Waals surface area contributed by atoms with E-state index in [-0.39, 0.29) is 17.3 Å². The molecule has 160 valence electrons. The van der Waals surface area contributed by atoms with Crippen molar-refractivity contribution in [3.63, 3.8) is 0 Å². The first-order valence-electron chi connectivity index (χ1n) is 10.9. The number of hydrazone groups is 1. The van der Waals surface area contributed by atoms with Crippen LogP contribution in [-0.2, 0) is 10.0 Å². The van der Waals surface area contributed by atoms with Crippen molar-refractivity contribution in [2.75, 3.05) is 6.26 Å².